The van der Waals surface area contributed by atoms with Gasteiger partial charge in [0.15, 0.2) is 5.76 Å². The number of nitro benzene ring substituents is 1. The Morgan fingerprint density at radius 3 is 2.03 bits per heavy atom. The van der Waals surface area contributed by atoms with Gasteiger partial charge in [0, 0.05) is 17.8 Å². The number of amides is 2. The molecule has 0 bridgehead atoms. The van der Waals surface area contributed by atoms with Crippen LogP contribution in [0, 0.1) is 10.1 Å². The molecule has 1 heterocycles. The first-order chi connectivity index (χ1) is 16.5. The normalized spacial score (nSPS) is 10.7. The molecule has 0 aliphatic carbocycles. The number of carbonyl (C=O) groups is 2. The lowest BCUT2D eigenvalue weighted by Gasteiger charge is -2.11. The minimum Gasteiger partial charge on any atom is -0.459 e. The minimum absolute atomic E-state index is 0.0411. The van der Waals surface area contributed by atoms with Crippen LogP contribution < -0.4 is 10.6 Å². The minimum atomic E-state index is -0.450. The number of non-ortho nitro benzene ring substituents is 1. The fourth-order valence-electron chi connectivity index (χ4n) is 3.16. The molecule has 0 unspecified atom stereocenters. The number of nitrogens with zero attached hydrogens (tertiary/aromatic N) is 1. The number of hydrogen-bond donors (Lipinski definition) is 2. The molecule has 1 aromatic heterocycles. The fourth-order valence-corrected chi connectivity index (χ4v) is 3.16. The summed E-state index contributed by atoms with van der Waals surface area (Å²) in [6, 6.07) is 23.3. The molecule has 2 amide bonds. The van der Waals surface area contributed by atoms with E-state index in [0.29, 0.717) is 16.9 Å². The lowest BCUT2D eigenvalue weighted by atomic mass is 10.1. The van der Waals surface area contributed by atoms with Crippen LogP contribution in [0.4, 0.5) is 17.1 Å². The molecule has 8 heteroatoms. The van der Waals surface area contributed by atoms with Crippen molar-refractivity contribution in [3.63, 3.8) is 0 Å². The Hall–Kier alpha value is -4.98. The number of benzene rings is 3. The fraction of sp³-hybridized carbons (Fsp3) is 0. The van der Waals surface area contributed by atoms with E-state index in [1.165, 1.54) is 24.5 Å². The van der Waals surface area contributed by atoms with Crippen LogP contribution in [-0.2, 0) is 0 Å². The zero-order valence-electron chi connectivity index (χ0n) is 17.8. The summed E-state index contributed by atoms with van der Waals surface area (Å²) in [7, 11) is 0. The van der Waals surface area contributed by atoms with Crippen molar-refractivity contribution in [3.05, 3.63) is 124 Å². The SMILES string of the molecule is O=C(Nc1ccccc1C(=O)Nc1ccc(/C=C/c2ccc([N+](=O)[O-])cc2)cc1)c1ccco1. The number of carbonyl (C=O) groups excluding carboxylic acids is 2. The number of furan rings is 1. The molecule has 34 heavy (non-hydrogen) atoms. The largest absolute Gasteiger partial charge is 0.459 e. The first-order valence-electron chi connectivity index (χ1n) is 10.3. The number of hydrogen-bond acceptors (Lipinski definition) is 5. The van der Waals surface area contributed by atoms with Crippen molar-refractivity contribution in [2.45, 2.75) is 0 Å². The molecule has 0 saturated heterocycles. The maximum absolute atomic E-state index is 12.8. The molecule has 168 valence electrons. The van der Waals surface area contributed by atoms with Gasteiger partial charge >= 0.3 is 0 Å². The summed E-state index contributed by atoms with van der Waals surface area (Å²) >= 11 is 0. The van der Waals surface area contributed by atoms with E-state index in [9.17, 15) is 19.7 Å². The van der Waals surface area contributed by atoms with Crippen molar-refractivity contribution in [2.24, 2.45) is 0 Å². The van der Waals surface area contributed by atoms with Gasteiger partial charge in [0.05, 0.1) is 22.4 Å². The van der Waals surface area contributed by atoms with Crippen LogP contribution in [-0.4, -0.2) is 16.7 Å². The number of para-hydroxylation sites is 1. The molecule has 4 aromatic rings. The van der Waals surface area contributed by atoms with E-state index in [0.717, 1.165) is 11.1 Å². The van der Waals surface area contributed by atoms with E-state index in [4.69, 9.17) is 4.42 Å². The smallest absolute Gasteiger partial charge is 0.291 e. The van der Waals surface area contributed by atoms with Crippen molar-refractivity contribution < 1.29 is 18.9 Å². The topological polar surface area (TPSA) is 114 Å². The van der Waals surface area contributed by atoms with Crippen LogP contribution in [0.2, 0.25) is 0 Å². The number of nitrogens with one attached hydrogen (secondary N) is 2. The highest BCUT2D eigenvalue weighted by Crippen LogP contribution is 2.20. The average Bonchev–Trinajstić information content (AvgIpc) is 3.39. The zero-order chi connectivity index (χ0) is 23.9. The van der Waals surface area contributed by atoms with Gasteiger partial charge in [0.1, 0.15) is 0 Å². The molecule has 2 N–H and O–H groups in total. The monoisotopic (exact) mass is 453 g/mol. The second kappa shape index (κ2) is 10.1. The third-order valence-electron chi connectivity index (χ3n) is 4.91. The predicted molar refractivity (Wildman–Crippen MR) is 130 cm³/mol. The number of anilines is 2. The molecular formula is C26H19N3O5. The van der Waals surface area contributed by atoms with Crippen molar-refractivity contribution >= 4 is 41.0 Å². The second-order valence-electron chi connectivity index (χ2n) is 7.24. The van der Waals surface area contributed by atoms with Gasteiger partial charge in [-0.2, -0.15) is 0 Å². The van der Waals surface area contributed by atoms with Crippen molar-refractivity contribution in [2.75, 3.05) is 10.6 Å². The molecule has 0 spiro atoms. The predicted octanol–water partition coefficient (Wildman–Crippen LogP) is 5.86. The molecule has 0 atom stereocenters. The van der Waals surface area contributed by atoms with Crippen LogP contribution in [0.15, 0.2) is 95.6 Å². The van der Waals surface area contributed by atoms with Gasteiger partial charge < -0.3 is 15.1 Å². The van der Waals surface area contributed by atoms with Gasteiger partial charge in [-0.1, -0.05) is 36.4 Å². The molecule has 3 aromatic carbocycles. The first-order valence-corrected chi connectivity index (χ1v) is 10.3. The quantitative estimate of drug-likeness (QED) is 0.207. The Kier molecular flexibility index (Phi) is 6.60. The van der Waals surface area contributed by atoms with Gasteiger partial charge in [-0.25, -0.2) is 0 Å². The van der Waals surface area contributed by atoms with Crippen LogP contribution in [0.1, 0.15) is 32.0 Å². The van der Waals surface area contributed by atoms with Crippen molar-refractivity contribution in [3.8, 4) is 0 Å². The van der Waals surface area contributed by atoms with E-state index >= 15 is 0 Å². The molecule has 4 rings (SSSR count). The summed E-state index contributed by atoms with van der Waals surface area (Å²) in [5.74, 6) is -0.675. The summed E-state index contributed by atoms with van der Waals surface area (Å²) in [6.07, 6.45) is 5.11. The molecule has 0 aliphatic rings. The van der Waals surface area contributed by atoms with E-state index in [2.05, 4.69) is 10.6 Å². The first kappa shape index (κ1) is 22.2. The summed E-state index contributed by atoms with van der Waals surface area (Å²) < 4.78 is 5.09. The third-order valence-corrected chi connectivity index (χ3v) is 4.91. The molecule has 0 radical (unpaired) electrons. The standard InChI is InChI=1S/C26H19N3O5/c30-25(22-4-1-2-5-23(22)28-26(31)24-6-3-17-34-24)27-20-13-9-18(10-14-20)7-8-19-11-15-21(16-12-19)29(32)33/h1-17H,(H,27,30)(H,28,31)/b8-7+. The van der Waals surface area contributed by atoms with Crippen LogP contribution in [0.3, 0.4) is 0 Å². The molecular weight excluding hydrogens is 434 g/mol. The average molecular weight is 453 g/mol. The van der Waals surface area contributed by atoms with E-state index < -0.39 is 10.8 Å². The highest BCUT2D eigenvalue weighted by molar-refractivity contribution is 6.12. The van der Waals surface area contributed by atoms with Crippen LogP contribution >= 0.6 is 0 Å². The molecule has 0 saturated carbocycles. The lowest BCUT2D eigenvalue weighted by Crippen LogP contribution is -2.18. The zero-order valence-corrected chi connectivity index (χ0v) is 17.8. The lowest BCUT2D eigenvalue weighted by molar-refractivity contribution is -0.384. The van der Waals surface area contributed by atoms with Crippen molar-refractivity contribution in [1.82, 2.24) is 0 Å². The Morgan fingerprint density at radius 2 is 1.41 bits per heavy atom. The maximum Gasteiger partial charge on any atom is 0.291 e. The molecule has 8 nitrogen and oxygen atoms in total. The Bertz CT molecular complexity index is 1340. The highest BCUT2D eigenvalue weighted by Gasteiger charge is 2.15. The van der Waals surface area contributed by atoms with Gasteiger partial charge in [0.25, 0.3) is 17.5 Å². The Morgan fingerprint density at radius 1 is 0.765 bits per heavy atom. The highest BCUT2D eigenvalue weighted by atomic mass is 16.6. The van der Waals surface area contributed by atoms with E-state index in [1.807, 2.05) is 24.3 Å². The Balaban J connectivity index is 1.41. The van der Waals surface area contributed by atoms with Gasteiger partial charge in [-0.05, 0) is 59.7 Å². The molecule has 0 aliphatic heterocycles. The summed E-state index contributed by atoms with van der Waals surface area (Å²) in [4.78, 5) is 35.4. The van der Waals surface area contributed by atoms with Crippen LogP contribution in [0.5, 0.6) is 0 Å². The number of nitro groups is 1. The van der Waals surface area contributed by atoms with Gasteiger partial charge in [0.2, 0.25) is 0 Å². The number of rotatable bonds is 7. The van der Waals surface area contributed by atoms with Gasteiger partial charge in [-0.3, -0.25) is 19.7 Å². The summed E-state index contributed by atoms with van der Waals surface area (Å²) in [5, 5.41) is 16.3. The van der Waals surface area contributed by atoms with E-state index in [-0.39, 0.29) is 17.4 Å². The summed E-state index contributed by atoms with van der Waals surface area (Å²) in [5.41, 5.74) is 3.02. The second-order valence-corrected chi connectivity index (χ2v) is 7.24. The van der Waals surface area contributed by atoms with Crippen molar-refractivity contribution in [1.29, 1.82) is 0 Å². The molecule has 0 fully saturated rings. The Labute approximate surface area is 194 Å². The summed E-state index contributed by atoms with van der Waals surface area (Å²) in [6.45, 7) is 0. The maximum atomic E-state index is 12.8. The van der Waals surface area contributed by atoms with E-state index in [1.54, 1.807) is 54.6 Å². The van der Waals surface area contributed by atoms with Crippen LogP contribution in [0.25, 0.3) is 12.2 Å². The van der Waals surface area contributed by atoms with Gasteiger partial charge in [-0.15, -0.1) is 0 Å². The third kappa shape index (κ3) is 5.43.